The average Bonchev–Trinajstić information content (AvgIpc) is 3.06. The predicted octanol–water partition coefficient (Wildman–Crippen LogP) is 2.50. The molecule has 3 fully saturated rings. The zero-order chi connectivity index (χ0) is 26.5. The summed E-state index contributed by atoms with van der Waals surface area (Å²) in [4.78, 5) is 48.0. The van der Waals surface area contributed by atoms with Gasteiger partial charge < -0.3 is 20.6 Å². The van der Waals surface area contributed by atoms with Crippen molar-refractivity contribution in [1.29, 1.82) is 0 Å². The number of carboxylic acid groups (broad SMARTS) is 1. The molecule has 3 saturated carbocycles. The lowest BCUT2D eigenvalue weighted by atomic mass is 9.45. The Morgan fingerprint density at radius 1 is 1.19 bits per heavy atom. The number of hydrogen-bond donors (Lipinski definition) is 4. The summed E-state index contributed by atoms with van der Waals surface area (Å²) in [7, 11) is 0. The zero-order valence-electron chi connectivity index (χ0n) is 21.4. The van der Waals surface area contributed by atoms with Gasteiger partial charge in [0.05, 0.1) is 11.9 Å². The lowest BCUT2D eigenvalue weighted by molar-refractivity contribution is -0.178. The van der Waals surface area contributed by atoms with E-state index in [4.69, 9.17) is 0 Å². The summed E-state index contributed by atoms with van der Waals surface area (Å²) in [5, 5.41) is 34.9. The number of fused-ring (bicyclic) bond motifs is 5. The largest absolute Gasteiger partial charge is 0.480 e. The van der Waals surface area contributed by atoms with E-state index in [0.717, 1.165) is 31.3 Å². The van der Waals surface area contributed by atoms with Gasteiger partial charge in [0.25, 0.3) is 0 Å². The van der Waals surface area contributed by atoms with E-state index < -0.39 is 35.0 Å². The third-order valence-electron chi connectivity index (χ3n) is 9.97. The maximum absolute atomic E-state index is 13.4. The first-order valence-corrected chi connectivity index (χ1v) is 14.2. The van der Waals surface area contributed by atoms with Crippen molar-refractivity contribution in [1.82, 2.24) is 5.32 Å². The van der Waals surface area contributed by atoms with E-state index in [1.54, 1.807) is 6.08 Å². The van der Waals surface area contributed by atoms with Gasteiger partial charge in [-0.25, -0.2) is 4.79 Å². The van der Waals surface area contributed by atoms with E-state index in [1.165, 1.54) is 18.7 Å². The van der Waals surface area contributed by atoms with Crippen LogP contribution in [-0.2, 0) is 19.2 Å². The second kappa shape index (κ2) is 9.87. The van der Waals surface area contributed by atoms with E-state index in [-0.39, 0.29) is 46.9 Å². The molecule has 4 aliphatic carbocycles. The fourth-order valence-corrected chi connectivity index (χ4v) is 9.11. The Labute approximate surface area is 216 Å². The number of hydrogen-bond acceptors (Lipinski definition) is 7. The summed E-state index contributed by atoms with van der Waals surface area (Å²) in [6.07, 6.45) is 5.71. The number of aliphatic hydroxyl groups is 2. The van der Waals surface area contributed by atoms with Crippen LogP contribution in [0.4, 0.5) is 0 Å². The van der Waals surface area contributed by atoms with Crippen molar-refractivity contribution in [2.75, 3.05) is 11.5 Å². The Kier molecular flexibility index (Phi) is 7.50. The highest BCUT2D eigenvalue weighted by Crippen LogP contribution is 2.67. The lowest BCUT2D eigenvalue weighted by Crippen LogP contribution is -2.62. The molecule has 4 rings (SSSR count). The van der Waals surface area contributed by atoms with Gasteiger partial charge >= 0.3 is 5.97 Å². The Bertz CT molecular complexity index is 981. The van der Waals surface area contributed by atoms with Crippen LogP contribution in [0.1, 0.15) is 72.1 Å². The average molecular weight is 522 g/mol. The molecule has 0 aliphatic heterocycles. The van der Waals surface area contributed by atoms with Gasteiger partial charge in [-0.2, -0.15) is 11.8 Å². The van der Waals surface area contributed by atoms with Crippen molar-refractivity contribution >= 4 is 35.2 Å². The second-order valence-electron chi connectivity index (χ2n) is 11.8. The van der Waals surface area contributed by atoms with Crippen molar-refractivity contribution in [3.63, 3.8) is 0 Å². The number of rotatable bonds is 8. The zero-order valence-corrected chi connectivity index (χ0v) is 22.2. The van der Waals surface area contributed by atoms with Crippen LogP contribution in [-0.4, -0.2) is 68.0 Å². The van der Waals surface area contributed by atoms with Crippen LogP contribution >= 0.6 is 11.8 Å². The van der Waals surface area contributed by atoms with E-state index in [2.05, 4.69) is 12.2 Å². The van der Waals surface area contributed by atoms with Crippen molar-refractivity contribution in [3.8, 4) is 0 Å². The third-order valence-corrected chi connectivity index (χ3v) is 11.0. The van der Waals surface area contributed by atoms with Crippen molar-refractivity contribution in [3.05, 3.63) is 11.6 Å². The number of carboxylic acids is 1. The topological polar surface area (TPSA) is 141 Å². The number of nitrogens with one attached hydrogen (secondary N) is 1. The first-order valence-electron chi connectivity index (χ1n) is 13.1. The molecule has 36 heavy (non-hydrogen) atoms. The molecule has 8 atom stereocenters. The van der Waals surface area contributed by atoms with Gasteiger partial charge in [-0.15, -0.1) is 0 Å². The maximum atomic E-state index is 13.4. The molecule has 1 unspecified atom stereocenters. The molecule has 200 valence electrons. The van der Waals surface area contributed by atoms with Crippen molar-refractivity contribution < 1.29 is 34.5 Å². The third kappa shape index (κ3) is 4.45. The molecular weight excluding hydrogens is 482 g/mol. The van der Waals surface area contributed by atoms with Crippen LogP contribution in [0.15, 0.2) is 11.6 Å². The first kappa shape index (κ1) is 27.3. The molecule has 0 radical (unpaired) electrons. The van der Waals surface area contributed by atoms with Crippen LogP contribution in [0.3, 0.4) is 0 Å². The van der Waals surface area contributed by atoms with Crippen LogP contribution in [0.2, 0.25) is 0 Å². The Morgan fingerprint density at radius 3 is 2.58 bits per heavy atom. The molecule has 9 heteroatoms. The minimum absolute atomic E-state index is 0.0252. The quantitative estimate of drug-likeness (QED) is 0.357. The number of Topliss-reactive ketones (excluding diaryl/α,β-unsaturated/α-hetero) is 1. The number of allylic oxidation sites excluding steroid dienone is 1. The second-order valence-corrected chi connectivity index (χ2v) is 12.9. The van der Waals surface area contributed by atoms with Gasteiger partial charge in [0.15, 0.2) is 11.6 Å². The molecule has 4 N–H and O–H groups in total. The number of aliphatic carboxylic acids is 1. The van der Waals surface area contributed by atoms with Gasteiger partial charge in [-0.1, -0.05) is 19.4 Å². The van der Waals surface area contributed by atoms with Gasteiger partial charge in [-0.3, -0.25) is 14.4 Å². The predicted molar refractivity (Wildman–Crippen MR) is 135 cm³/mol. The van der Waals surface area contributed by atoms with Gasteiger partial charge in [-0.05, 0) is 79.9 Å². The van der Waals surface area contributed by atoms with E-state index in [9.17, 15) is 34.5 Å². The lowest BCUT2D eigenvalue weighted by Gasteiger charge is -2.60. The highest BCUT2D eigenvalue weighted by atomic mass is 32.2. The molecule has 0 bridgehead atoms. The molecule has 8 nitrogen and oxygen atoms in total. The highest BCUT2D eigenvalue weighted by molar-refractivity contribution is 7.99. The number of thioether (sulfide) groups is 1. The highest BCUT2D eigenvalue weighted by Gasteiger charge is 2.68. The molecule has 4 aliphatic rings. The van der Waals surface area contributed by atoms with E-state index >= 15 is 0 Å². The normalized spacial score (nSPS) is 40.4. The minimum Gasteiger partial charge on any atom is -0.480 e. The number of aliphatic hydroxyl groups excluding tert-OH is 1. The Balaban J connectivity index is 1.45. The summed E-state index contributed by atoms with van der Waals surface area (Å²) < 4.78 is 0. The summed E-state index contributed by atoms with van der Waals surface area (Å²) >= 11 is 1.27. The maximum Gasteiger partial charge on any atom is 0.326 e. The van der Waals surface area contributed by atoms with Crippen LogP contribution in [0.25, 0.3) is 0 Å². The standard InChI is InChI=1S/C27H39NO7S/c1-15(29)28-20(24(33)34)8-11-36-14-22(32)27(35)10-7-19-18-5-4-16-12-17(30)6-9-25(16,2)23(18)21(31)13-26(19,27)3/h12,18-21,23,31,35H,4-11,13-14H2,1-3H3,(H,28,29)(H,33,34)/t18-,19-,20?,21-,23+,25-,26-,27-/m0/s1. The van der Waals surface area contributed by atoms with Gasteiger partial charge in [0.2, 0.25) is 5.91 Å². The number of ketones is 2. The van der Waals surface area contributed by atoms with E-state index in [0.29, 0.717) is 25.0 Å². The number of carbonyl (C=O) groups is 4. The summed E-state index contributed by atoms with van der Waals surface area (Å²) in [5.41, 5.74) is -1.32. The summed E-state index contributed by atoms with van der Waals surface area (Å²) in [6, 6.07) is -1.01. The van der Waals surface area contributed by atoms with Crippen molar-refractivity contribution in [2.24, 2.45) is 28.6 Å². The van der Waals surface area contributed by atoms with Crippen LogP contribution < -0.4 is 5.32 Å². The first-order chi connectivity index (χ1) is 16.8. The van der Waals surface area contributed by atoms with E-state index in [1.807, 2.05) is 6.92 Å². The smallest absolute Gasteiger partial charge is 0.326 e. The van der Waals surface area contributed by atoms with Crippen LogP contribution in [0, 0.1) is 28.6 Å². The van der Waals surface area contributed by atoms with Gasteiger partial charge in [0.1, 0.15) is 11.6 Å². The monoisotopic (exact) mass is 521 g/mol. The van der Waals surface area contributed by atoms with Crippen molar-refractivity contribution in [2.45, 2.75) is 89.9 Å². The Morgan fingerprint density at radius 2 is 1.92 bits per heavy atom. The molecule has 0 aromatic carbocycles. The SMILES string of the molecule is CC(=O)NC(CCSCC(=O)[C@@]1(O)CC[C@H]2[C@@H]3CCC4=CC(=O)CC[C@]4(C)[C@H]3[C@@H](O)C[C@@]21C)C(=O)O. The molecular formula is C27H39NO7S. The molecule has 1 amide bonds. The molecule has 0 spiro atoms. The molecule has 0 aromatic rings. The minimum atomic E-state index is -1.53. The summed E-state index contributed by atoms with van der Waals surface area (Å²) in [6.45, 7) is 5.41. The van der Waals surface area contributed by atoms with Gasteiger partial charge in [0, 0.05) is 18.8 Å². The fourth-order valence-electron chi connectivity index (χ4n) is 8.14. The summed E-state index contributed by atoms with van der Waals surface area (Å²) in [5.74, 6) is -0.876. The number of carbonyl (C=O) groups excluding carboxylic acids is 3. The fraction of sp³-hybridized carbons (Fsp3) is 0.778. The Hall–Kier alpha value is -1.71. The number of amides is 1. The molecule has 0 aromatic heterocycles. The molecule has 0 heterocycles. The van der Waals surface area contributed by atoms with Crippen LogP contribution in [0.5, 0.6) is 0 Å². The molecule has 0 saturated heterocycles.